The van der Waals surface area contributed by atoms with Crippen LogP contribution < -0.4 is 14.6 Å². The molecule has 4 aromatic carbocycles. The fourth-order valence-corrected chi connectivity index (χ4v) is 9.00. The number of benzene rings is 4. The summed E-state index contributed by atoms with van der Waals surface area (Å²) in [5.41, 5.74) is 10.9. The van der Waals surface area contributed by atoms with Crippen LogP contribution in [-0.4, -0.2) is 56.1 Å². The molecule has 0 fully saturated rings. The number of primary sulfonamides is 1. The van der Waals surface area contributed by atoms with E-state index in [2.05, 4.69) is 78.3 Å². The van der Waals surface area contributed by atoms with Crippen LogP contribution in [0.25, 0.3) is 17.8 Å². The summed E-state index contributed by atoms with van der Waals surface area (Å²) in [5.74, 6) is 0.459. The molecule has 0 amide bonds. The van der Waals surface area contributed by atoms with Gasteiger partial charge in [-0.1, -0.05) is 113 Å². The highest BCUT2D eigenvalue weighted by Crippen LogP contribution is 2.36. The van der Waals surface area contributed by atoms with E-state index in [9.17, 15) is 34.8 Å². The second-order valence-corrected chi connectivity index (χ2v) is 23.5. The number of carbonyl (C=O) groups excluding carboxylic acids is 2. The number of rotatable bonds is 6. The standard InChI is InChI=1S/2C11H12BrNO2S.2C10H9BrO.CH5NO2S/c2*1-7-5-8-3-4-9(12)6-10(8)11(7)13-16(2,14)15;1-6-4-7-2-3-8(11)5-9(7)10(6)12;1-8(7-12)6-9-2-4-10(11)5-3-9;1-5(2,3)4/h3-4,6,13H,5H2,1-2H3;3-6,11,13H,1-2H3;2-3,5-6H,4H2,1H3;2-7H,1H3;1H3,(H2,2,3,4)/b;;;8-6+;. The molecule has 2 atom stereocenters. The molecule has 3 aliphatic rings. The van der Waals surface area contributed by atoms with Crippen LogP contribution >= 0.6 is 63.7 Å². The Balaban J connectivity index is 0.000000211. The van der Waals surface area contributed by atoms with Crippen molar-refractivity contribution in [2.75, 3.05) is 18.8 Å². The number of ketones is 1. The predicted molar refractivity (Wildman–Crippen MR) is 261 cm³/mol. The molecule has 61 heavy (non-hydrogen) atoms. The van der Waals surface area contributed by atoms with Gasteiger partial charge >= 0.3 is 0 Å². The van der Waals surface area contributed by atoms with Gasteiger partial charge < -0.3 is 0 Å². The minimum Gasteiger partial charge on any atom is -0.298 e. The van der Waals surface area contributed by atoms with Gasteiger partial charge in [0, 0.05) is 34.9 Å². The molecular weight excluding hydrogens is 1100 g/mol. The average Bonchev–Trinajstić information content (AvgIpc) is 3.72. The summed E-state index contributed by atoms with van der Waals surface area (Å²) in [6, 6.07) is 25.3. The Labute approximate surface area is 393 Å². The number of Topliss-reactive ketones (excluding diaryl/α,β-unsaturated/α-hetero) is 1. The molecule has 18 heteroatoms. The summed E-state index contributed by atoms with van der Waals surface area (Å²) in [6.45, 7) is 7.64. The number of fused-ring (bicyclic) bond motifs is 3. The zero-order valence-electron chi connectivity index (χ0n) is 34.4. The maximum absolute atomic E-state index is 11.5. The Morgan fingerprint density at radius 3 is 1.79 bits per heavy atom. The van der Waals surface area contributed by atoms with Crippen molar-refractivity contribution in [2.45, 2.75) is 46.6 Å². The number of carbonyl (C=O) groups is 2. The summed E-state index contributed by atoms with van der Waals surface area (Å²) >= 11 is 13.5. The van der Waals surface area contributed by atoms with Crippen LogP contribution in [0.2, 0.25) is 0 Å². The third kappa shape index (κ3) is 17.9. The Bertz CT molecular complexity index is 2710. The molecule has 4 N–H and O–H groups in total. The lowest BCUT2D eigenvalue weighted by Crippen LogP contribution is -2.27. The fraction of sp³-hybridized carbons (Fsp3) is 0.256. The Morgan fingerprint density at radius 1 is 0.738 bits per heavy atom. The monoisotopic (exact) mass is 1140 g/mol. The van der Waals surface area contributed by atoms with Crippen molar-refractivity contribution >= 4 is 124 Å². The van der Waals surface area contributed by atoms with E-state index in [1.54, 1.807) is 6.92 Å². The van der Waals surface area contributed by atoms with Crippen molar-refractivity contribution in [3.8, 4) is 0 Å². The molecule has 0 radical (unpaired) electrons. The van der Waals surface area contributed by atoms with Crippen molar-refractivity contribution in [3.63, 3.8) is 0 Å². The summed E-state index contributed by atoms with van der Waals surface area (Å²) in [5, 5.41) is 4.33. The first-order chi connectivity index (χ1) is 28.1. The van der Waals surface area contributed by atoms with Crippen molar-refractivity contribution < 1.29 is 34.8 Å². The first kappa shape index (κ1) is 52.3. The van der Waals surface area contributed by atoms with E-state index in [1.165, 1.54) is 18.1 Å². The lowest BCUT2D eigenvalue weighted by Gasteiger charge is -2.15. The van der Waals surface area contributed by atoms with Gasteiger partial charge in [-0.15, -0.1) is 0 Å². The van der Waals surface area contributed by atoms with Crippen molar-refractivity contribution in [1.29, 1.82) is 0 Å². The largest absolute Gasteiger partial charge is 0.298 e. The van der Waals surface area contributed by atoms with Gasteiger partial charge in [-0.25, -0.2) is 35.1 Å². The van der Waals surface area contributed by atoms with Crippen LogP contribution in [0.5, 0.6) is 0 Å². The maximum atomic E-state index is 11.5. The molecule has 11 nitrogen and oxygen atoms in total. The molecule has 0 heterocycles. The molecule has 0 saturated heterocycles. The first-order valence-corrected chi connectivity index (χ1v) is 27.2. The van der Waals surface area contributed by atoms with Gasteiger partial charge in [0.05, 0.1) is 30.5 Å². The number of nitrogens with two attached hydrogens (primary N) is 1. The highest BCUT2D eigenvalue weighted by atomic mass is 79.9. The fourth-order valence-electron chi connectivity index (χ4n) is 6.24. The van der Waals surface area contributed by atoms with Crippen molar-refractivity contribution in [2.24, 2.45) is 11.1 Å². The third-order valence-electron chi connectivity index (χ3n) is 8.80. The number of hydrogen-bond acceptors (Lipinski definition) is 8. The van der Waals surface area contributed by atoms with Crippen LogP contribution in [0.3, 0.4) is 0 Å². The average molecular weight is 1150 g/mol. The van der Waals surface area contributed by atoms with Crippen molar-refractivity contribution in [3.05, 3.63) is 152 Å². The summed E-state index contributed by atoms with van der Waals surface area (Å²) in [4.78, 5) is 21.8. The van der Waals surface area contributed by atoms with Crippen LogP contribution in [0, 0.1) is 5.92 Å². The summed E-state index contributed by atoms with van der Waals surface area (Å²) < 4.78 is 73.1. The first-order valence-electron chi connectivity index (χ1n) is 18.2. The number of sulfonamides is 3. The summed E-state index contributed by atoms with van der Waals surface area (Å²) in [6.07, 6.45) is 9.69. The normalized spacial score (nSPS) is 16.4. The Kier molecular flexibility index (Phi) is 19.3. The highest BCUT2D eigenvalue weighted by Gasteiger charge is 2.27. The van der Waals surface area contributed by atoms with Gasteiger partial charge in [0.2, 0.25) is 30.1 Å². The lowest BCUT2D eigenvalue weighted by atomic mass is 10.1. The zero-order chi connectivity index (χ0) is 46.0. The SMILES string of the molecule is C/C(C=O)=C\c1ccc(Br)cc1.CC1=C(NS(C)(=O)=O)c2cc(Br)ccc2C1.CC1=Cc2ccc(Br)cc2C1NS(C)(=O)=O.CC1Cc2ccc(Br)cc2C1=O.CS(N)(=O)=O. The zero-order valence-corrected chi connectivity index (χ0v) is 43.2. The summed E-state index contributed by atoms with van der Waals surface area (Å²) in [7, 11) is -9.59. The van der Waals surface area contributed by atoms with E-state index in [4.69, 9.17) is 0 Å². The Hall–Kier alpha value is -3.07. The van der Waals surface area contributed by atoms with E-state index in [0.29, 0.717) is 0 Å². The topological polar surface area (TPSA) is 187 Å². The molecule has 4 aromatic rings. The smallest absolute Gasteiger partial charge is 0.229 e. The van der Waals surface area contributed by atoms with E-state index >= 15 is 0 Å². The molecular formula is C43H47Br4N3O8S3. The lowest BCUT2D eigenvalue weighted by molar-refractivity contribution is -0.104. The second kappa shape index (κ2) is 22.5. The molecule has 7 rings (SSSR count). The molecule has 0 spiro atoms. The minimum absolute atomic E-state index is 0.175. The number of halogens is 4. The molecule has 0 saturated carbocycles. The van der Waals surface area contributed by atoms with Gasteiger partial charge in [0.1, 0.15) is 6.29 Å². The van der Waals surface area contributed by atoms with Crippen LogP contribution in [-0.2, 0) is 47.7 Å². The van der Waals surface area contributed by atoms with E-state index in [0.717, 1.165) is 99.1 Å². The third-order valence-corrected chi connectivity index (χ3v) is 12.0. The number of hydrogen-bond donors (Lipinski definition) is 3. The van der Waals surface area contributed by atoms with Gasteiger partial charge in [0.25, 0.3) is 0 Å². The second-order valence-electron chi connectivity index (χ2n) is 14.7. The van der Waals surface area contributed by atoms with Crippen LogP contribution in [0.15, 0.2) is 113 Å². The highest BCUT2D eigenvalue weighted by molar-refractivity contribution is 9.11. The molecule has 0 aliphatic heterocycles. The van der Waals surface area contributed by atoms with Crippen LogP contribution in [0.1, 0.15) is 77.5 Å². The van der Waals surface area contributed by atoms with Gasteiger partial charge in [0.15, 0.2) is 5.78 Å². The van der Waals surface area contributed by atoms with E-state index in [1.807, 2.05) is 112 Å². The molecule has 0 bridgehead atoms. The number of aldehydes is 1. The van der Waals surface area contributed by atoms with Gasteiger partial charge in [-0.05, 0) is 127 Å². The van der Waals surface area contributed by atoms with Gasteiger partial charge in [-0.2, -0.15) is 0 Å². The molecule has 2 unspecified atom stereocenters. The van der Waals surface area contributed by atoms with E-state index in [-0.39, 0.29) is 17.7 Å². The number of allylic oxidation sites excluding steroid dienone is 2. The molecule has 0 aromatic heterocycles. The quantitative estimate of drug-likeness (QED) is 0.126. The number of nitrogens with one attached hydrogen (secondary N) is 2. The van der Waals surface area contributed by atoms with Crippen molar-refractivity contribution in [1.82, 2.24) is 9.44 Å². The predicted octanol–water partition coefficient (Wildman–Crippen LogP) is 9.52. The van der Waals surface area contributed by atoms with Crippen LogP contribution in [0.4, 0.5) is 0 Å². The van der Waals surface area contributed by atoms with E-state index < -0.39 is 30.1 Å². The van der Waals surface area contributed by atoms with Gasteiger partial charge in [-0.3, -0.25) is 14.3 Å². The minimum atomic E-state index is -3.22. The molecule has 328 valence electrons. The maximum Gasteiger partial charge on any atom is 0.229 e. The Morgan fingerprint density at radius 2 is 1.25 bits per heavy atom. The molecule has 3 aliphatic carbocycles.